The molecule has 5 nitrogen and oxygen atoms in total. The molecule has 0 aliphatic carbocycles. The summed E-state index contributed by atoms with van der Waals surface area (Å²) in [6.45, 7) is 1.07. The van der Waals surface area contributed by atoms with Gasteiger partial charge in [0.05, 0.1) is 11.0 Å². The first-order valence-electron chi connectivity index (χ1n) is 10.3. The first kappa shape index (κ1) is 21.4. The second-order valence-electron chi connectivity index (χ2n) is 8.42. The smallest absolute Gasteiger partial charge is 0.224 e. The number of aryl methyl sites for hydroxylation is 2. The van der Waals surface area contributed by atoms with E-state index in [4.69, 9.17) is 4.98 Å². The van der Waals surface area contributed by atoms with Crippen LogP contribution in [0.2, 0.25) is 0 Å². The van der Waals surface area contributed by atoms with Gasteiger partial charge in [0, 0.05) is 37.2 Å². The third-order valence-corrected chi connectivity index (χ3v) is 6.44. The number of amides is 1. The highest BCUT2D eigenvalue weighted by Crippen LogP contribution is 2.33. The van der Waals surface area contributed by atoms with Crippen LogP contribution >= 0.6 is 24.8 Å². The van der Waals surface area contributed by atoms with Crippen molar-refractivity contribution in [3.8, 4) is 0 Å². The third kappa shape index (κ3) is 4.32. The molecule has 0 saturated carbocycles. The van der Waals surface area contributed by atoms with Gasteiger partial charge in [-0.3, -0.25) is 4.79 Å². The van der Waals surface area contributed by atoms with E-state index in [1.54, 1.807) is 0 Å². The minimum Gasteiger partial charge on any atom is -0.328 e. The molecular weight excluding hydrogens is 395 g/mol. The molecule has 2 aromatic rings. The zero-order valence-electron chi connectivity index (χ0n) is 16.2. The molecule has 0 radical (unpaired) electrons. The molecule has 2 unspecified atom stereocenters. The Kier molecular flexibility index (Phi) is 6.89. The van der Waals surface area contributed by atoms with Crippen LogP contribution in [-0.2, 0) is 17.8 Å². The average Bonchev–Trinajstić information content (AvgIpc) is 3.04. The Hall–Kier alpha value is -1.30. The van der Waals surface area contributed by atoms with Crippen molar-refractivity contribution in [2.45, 2.75) is 76.4 Å². The topological polar surface area (TPSA) is 59.0 Å². The van der Waals surface area contributed by atoms with E-state index in [9.17, 15) is 4.79 Å². The van der Waals surface area contributed by atoms with Gasteiger partial charge in [-0.15, -0.1) is 24.8 Å². The van der Waals surface area contributed by atoms with E-state index >= 15 is 0 Å². The van der Waals surface area contributed by atoms with Gasteiger partial charge in [0.25, 0.3) is 0 Å². The Morgan fingerprint density at radius 3 is 2.71 bits per heavy atom. The summed E-state index contributed by atoms with van der Waals surface area (Å²) in [6, 6.07) is 7.48. The summed E-state index contributed by atoms with van der Waals surface area (Å²) in [4.78, 5) is 17.4. The molecule has 2 bridgehead atoms. The number of imidazole rings is 1. The molecule has 0 spiro atoms. The molecule has 4 heterocycles. The van der Waals surface area contributed by atoms with Gasteiger partial charge in [-0.2, -0.15) is 0 Å². The molecule has 1 amide bonds. The summed E-state index contributed by atoms with van der Waals surface area (Å²) < 4.78 is 2.36. The van der Waals surface area contributed by atoms with Crippen LogP contribution in [0.5, 0.6) is 0 Å². The lowest BCUT2D eigenvalue weighted by Gasteiger charge is -2.28. The molecule has 1 aromatic carbocycles. The Bertz CT molecular complexity index is 825. The normalized spacial score (nSPS) is 25.9. The van der Waals surface area contributed by atoms with Crippen LogP contribution in [0.3, 0.4) is 0 Å². The quantitative estimate of drug-likeness (QED) is 0.763. The van der Waals surface area contributed by atoms with Crippen LogP contribution in [0.4, 0.5) is 5.69 Å². The lowest BCUT2D eigenvalue weighted by molar-refractivity contribution is -0.117. The monoisotopic (exact) mass is 424 g/mol. The molecule has 2 N–H and O–H groups in total. The van der Waals surface area contributed by atoms with Crippen molar-refractivity contribution in [1.82, 2.24) is 14.9 Å². The minimum absolute atomic E-state index is 0. The summed E-state index contributed by atoms with van der Waals surface area (Å²) in [7, 11) is 0. The van der Waals surface area contributed by atoms with E-state index in [0.29, 0.717) is 24.4 Å². The van der Waals surface area contributed by atoms with E-state index in [0.717, 1.165) is 37.0 Å². The van der Waals surface area contributed by atoms with Crippen LogP contribution in [0.15, 0.2) is 18.2 Å². The number of nitrogens with one attached hydrogen (secondary N) is 2. The Morgan fingerprint density at radius 2 is 1.93 bits per heavy atom. The number of anilines is 1. The molecule has 154 valence electrons. The van der Waals surface area contributed by atoms with Gasteiger partial charge in [-0.1, -0.05) is 6.42 Å². The SMILES string of the molecule is Cl.Cl.O=C(CC1CC2CCC(C1)N2)Nc1ccc2c(c1)nc1n2CCCCC1. The Balaban J connectivity index is 0.00000112. The minimum atomic E-state index is 0. The van der Waals surface area contributed by atoms with Crippen molar-refractivity contribution in [2.75, 3.05) is 5.32 Å². The van der Waals surface area contributed by atoms with E-state index in [1.165, 1.54) is 43.4 Å². The number of rotatable bonds is 3. The van der Waals surface area contributed by atoms with Gasteiger partial charge in [-0.05, 0) is 62.6 Å². The predicted octanol–water partition coefficient (Wildman–Crippen LogP) is 4.47. The highest BCUT2D eigenvalue weighted by Gasteiger charge is 2.34. The van der Waals surface area contributed by atoms with Crippen molar-refractivity contribution in [3.63, 3.8) is 0 Å². The number of benzene rings is 1. The maximum absolute atomic E-state index is 12.5. The first-order valence-corrected chi connectivity index (χ1v) is 10.3. The highest BCUT2D eigenvalue weighted by molar-refractivity contribution is 5.93. The van der Waals surface area contributed by atoms with Crippen molar-refractivity contribution in [2.24, 2.45) is 5.92 Å². The van der Waals surface area contributed by atoms with Crippen LogP contribution in [0.25, 0.3) is 11.0 Å². The molecule has 5 rings (SSSR count). The number of nitrogens with zero attached hydrogens (tertiary/aromatic N) is 2. The lowest BCUT2D eigenvalue weighted by atomic mass is 9.89. The fourth-order valence-electron chi connectivity index (χ4n) is 5.24. The molecule has 3 aliphatic heterocycles. The molecule has 1 aromatic heterocycles. The number of hydrogen-bond donors (Lipinski definition) is 2. The molecule has 7 heteroatoms. The maximum atomic E-state index is 12.5. The fourth-order valence-corrected chi connectivity index (χ4v) is 5.24. The Morgan fingerprint density at radius 1 is 1.14 bits per heavy atom. The summed E-state index contributed by atoms with van der Waals surface area (Å²) in [5.41, 5.74) is 3.10. The predicted molar refractivity (Wildman–Crippen MR) is 118 cm³/mol. The number of carbonyl (C=O) groups excluding carboxylic acids is 1. The zero-order chi connectivity index (χ0) is 17.5. The largest absolute Gasteiger partial charge is 0.328 e. The van der Waals surface area contributed by atoms with Crippen molar-refractivity contribution in [1.29, 1.82) is 0 Å². The van der Waals surface area contributed by atoms with Crippen molar-refractivity contribution < 1.29 is 4.79 Å². The maximum Gasteiger partial charge on any atom is 0.224 e. The fraction of sp³-hybridized carbons (Fsp3) is 0.619. The van der Waals surface area contributed by atoms with Crippen LogP contribution in [0, 0.1) is 5.92 Å². The average molecular weight is 425 g/mol. The van der Waals surface area contributed by atoms with Crippen LogP contribution in [-0.4, -0.2) is 27.5 Å². The molecular formula is C21H30Cl2N4O. The molecule has 28 heavy (non-hydrogen) atoms. The lowest BCUT2D eigenvalue weighted by Crippen LogP contribution is -2.39. The van der Waals surface area contributed by atoms with Gasteiger partial charge in [0.15, 0.2) is 0 Å². The molecule has 2 saturated heterocycles. The number of fused-ring (bicyclic) bond motifs is 5. The first-order chi connectivity index (χ1) is 12.7. The van der Waals surface area contributed by atoms with Crippen LogP contribution < -0.4 is 10.6 Å². The van der Waals surface area contributed by atoms with Crippen molar-refractivity contribution >= 4 is 47.4 Å². The van der Waals surface area contributed by atoms with Gasteiger partial charge < -0.3 is 15.2 Å². The zero-order valence-corrected chi connectivity index (χ0v) is 17.8. The van der Waals surface area contributed by atoms with E-state index in [1.807, 2.05) is 12.1 Å². The second-order valence-corrected chi connectivity index (χ2v) is 8.42. The summed E-state index contributed by atoms with van der Waals surface area (Å²) in [5.74, 6) is 1.88. The standard InChI is InChI=1S/C21H28N4O.2ClH/c26-21(12-14-10-15-5-6-16(11-14)22-15)23-17-7-8-19-18(13-17)24-20-4-2-1-3-9-25(19)20;;/h7-8,13-16,22H,1-6,9-12H2,(H,23,26);2*1H. The van der Waals surface area contributed by atoms with Crippen molar-refractivity contribution in [3.05, 3.63) is 24.0 Å². The van der Waals surface area contributed by atoms with Gasteiger partial charge in [0.2, 0.25) is 5.91 Å². The molecule has 2 atom stereocenters. The number of piperidine rings is 1. The van der Waals surface area contributed by atoms with Gasteiger partial charge in [0.1, 0.15) is 5.82 Å². The highest BCUT2D eigenvalue weighted by atomic mass is 35.5. The summed E-state index contributed by atoms with van der Waals surface area (Å²) in [5, 5.41) is 6.76. The molecule has 3 aliphatic rings. The number of hydrogen-bond acceptors (Lipinski definition) is 3. The van der Waals surface area contributed by atoms with Gasteiger partial charge in [-0.25, -0.2) is 4.98 Å². The van der Waals surface area contributed by atoms with Gasteiger partial charge >= 0.3 is 0 Å². The third-order valence-electron chi connectivity index (χ3n) is 6.44. The van der Waals surface area contributed by atoms with Crippen LogP contribution in [0.1, 0.15) is 57.2 Å². The summed E-state index contributed by atoms with van der Waals surface area (Å²) in [6.07, 6.45) is 10.3. The molecule has 2 fully saturated rings. The van der Waals surface area contributed by atoms with E-state index in [-0.39, 0.29) is 30.7 Å². The van der Waals surface area contributed by atoms with E-state index < -0.39 is 0 Å². The summed E-state index contributed by atoms with van der Waals surface area (Å²) >= 11 is 0. The second kappa shape index (κ2) is 9.02. The number of carbonyl (C=O) groups is 1. The number of aromatic nitrogens is 2. The number of halogens is 2. The van der Waals surface area contributed by atoms with E-state index in [2.05, 4.69) is 21.3 Å². The Labute approximate surface area is 178 Å².